The van der Waals surface area contributed by atoms with Gasteiger partial charge in [-0.05, 0) is 73.6 Å². The second kappa shape index (κ2) is 8.11. The fourth-order valence-electron chi connectivity index (χ4n) is 3.86. The Bertz CT molecular complexity index is 1090. The van der Waals surface area contributed by atoms with Crippen molar-refractivity contribution >= 4 is 28.7 Å². The van der Waals surface area contributed by atoms with Crippen molar-refractivity contribution in [1.29, 1.82) is 0 Å². The highest BCUT2D eigenvalue weighted by Gasteiger charge is 2.13. The Balaban J connectivity index is 1.51. The van der Waals surface area contributed by atoms with E-state index in [1.807, 2.05) is 6.20 Å². The molecule has 2 unspecified atom stereocenters. The third-order valence-corrected chi connectivity index (χ3v) is 5.81. The van der Waals surface area contributed by atoms with Crippen LogP contribution in [0.2, 0.25) is 0 Å². The topological polar surface area (TPSA) is 46.9 Å². The number of fused-ring (bicyclic) bond motifs is 2. The fraction of sp³-hybridized carbons (Fsp3) is 0.333. The molecule has 0 aliphatic heterocycles. The molecule has 4 heteroatoms. The highest BCUT2D eigenvalue weighted by molar-refractivity contribution is 5.87. The number of benzene rings is 1. The lowest BCUT2D eigenvalue weighted by atomic mass is 9.97. The number of nitrogens with one attached hydrogen (secondary N) is 3. The maximum atomic E-state index is 3.63. The minimum absolute atomic E-state index is 0.170. The summed E-state index contributed by atoms with van der Waals surface area (Å²) in [7, 11) is 2.19. The van der Waals surface area contributed by atoms with Gasteiger partial charge in [0.15, 0.2) is 0 Å². The van der Waals surface area contributed by atoms with Crippen LogP contribution >= 0.6 is 0 Å². The summed E-state index contributed by atoms with van der Waals surface area (Å²) in [5.41, 5.74) is 3.74. The normalized spacial score (nSPS) is 17.1. The molecule has 1 aliphatic carbocycles. The Morgan fingerprint density at radius 2 is 2.11 bits per heavy atom. The van der Waals surface area contributed by atoms with Crippen molar-refractivity contribution in [2.75, 3.05) is 25.5 Å². The molecule has 28 heavy (non-hydrogen) atoms. The number of allylic oxidation sites excluding steroid dienone is 1. The van der Waals surface area contributed by atoms with E-state index < -0.39 is 0 Å². The van der Waals surface area contributed by atoms with Gasteiger partial charge >= 0.3 is 0 Å². The molecular weight excluding hydrogens is 344 g/mol. The summed E-state index contributed by atoms with van der Waals surface area (Å²) in [6.07, 6.45) is 14.0. The van der Waals surface area contributed by atoms with Gasteiger partial charge in [0.2, 0.25) is 0 Å². The van der Waals surface area contributed by atoms with Gasteiger partial charge in [-0.3, -0.25) is 0 Å². The molecule has 2 atom stereocenters. The molecule has 4 rings (SSSR count). The molecule has 3 N–H and O–H groups in total. The van der Waals surface area contributed by atoms with Crippen LogP contribution in [0.25, 0.3) is 23.1 Å². The second-order valence-electron chi connectivity index (χ2n) is 7.83. The SMILES string of the molecule is CCN(C)CCC(C)c1c[nH]c2cc(NC3C=CC=c4[nH]ccc4=C3)ccc12. The lowest BCUT2D eigenvalue weighted by molar-refractivity contribution is 0.337. The molecule has 2 heterocycles. The van der Waals surface area contributed by atoms with Crippen LogP contribution in [-0.4, -0.2) is 41.0 Å². The molecule has 2 aromatic heterocycles. The number of aromatic amines is 2. The van der Waals surface area contributed by atoms with Gasteiger partial charge in [-0.2, -0.15) is 0 Å². The zero-order chi connectivity index (χ0) is 19.5. The average Bonchev–Trinajstić information content (AvgIpc) is 3.28. The van der Waals surface area contributed by atoms with Gasteiger partial charge in [-0.15, -0.1) is 0 Å². The zero-order valence-corrected chi connectivity index (χ0v) is 17.0. The molecule has 0 saturated carbocycles. The molecule has 0 spiro atoms. The molecular formula is C24H30N4. The van der Waals surface area contributed by atoms with Gasteiger partial charge in [0.05, 0.1) is 6.04 Å². The third kappa shape index (κ3) is 3.92. The Morgan fingerprint density at radius 3 is 2.96 bits per heavy atom. The zero-order valence-electron chi connectivity index (χ0n) is 17.0. The van der Waals surface area contributed by atoms with E-state index in [2.05, 4.69) is 95.8 Å². The Labute approximate surface area is 166 Å². The van der Waals surface area contributed by atoms with E-state index in [0.29, 0.717) is 5.92 Å². The summed E-state index contributed by atoms with van der Waals surface area (Å²) >= 11 is 0. The van der Waals surface area contributed by atoms with Crippen LogP contribution in [0.4, 0.5) is 5.69 Å². The maximum absolute atomic E-state index is 3.63. The summed E-state index contributed by atoms with van der Waals surface area (Å²) in [5, 5.41) is 7.35. The van der Waals surface area contributed by atoms with Gasteiger partial charge in [-0.1, -0.05) is 32.1 Å². The van der Waals surface area contributed by atoms with E-state index in [4.69, 9.17) is 0 Å². The van der Waals surface area contributed by atoms with Crippen molar-refractivity contribution in [3.8, 4) is 0 Å². The Kier molecular flexibility index (Phi) is 5.40. The lowest BCUT2D eigenvalue weighted by Crippen LogP contribution is -2.24. The van der Waals surface area contributed by atoms with Gasteiger partial charge in [0.25, 0.3) is 0 Å². The largest absolute Gasteiger partial charge is 0.375 e. The predicted molar refractivity (Wildman–Crippen MR) is 120 cm³/mol. The minimum Gasteiger partial charge on any atom is -0.375 e. The maximum Gasteiger partial charge on any atom is 0.0641 e. The third-order valence-electron chi connectivity index (χ3n) is 5.81. The van der Waals surface area contributed by atoms with Crippen molar-refractivity contribution in [2.24, 2.45) is 0 Å². The number of rotatable bonds is 7. The van der Waals surface area contributed by atoms with Gasteiger partial charge in [-0.25, -0.2) is 0 Å². The van der Waals surface area contributed by atoms with Gasteiger partial charge in [0, 0.05) is 34.3 Å². The summed E-state index contributed by atoms with van der Waals surface area (Å²) in [4.78, 5) is 9.12. The van der Waals surface area contributed by atoms with E-state index in [9.17, 15) is 0 Å². The Morgan fingerprint density at radius 1 is 1.21 bits per heavy atom. The van der Waals surface area contributed by atoms with Crippen molar-refractivity contribution in [3.63, 3.8) is 0 Å². The van der Waals surface area contributed by atoms with Crippen LogP contribution in [0.3, 0.4) is 0 Å². The van der Waals surface area contributed by atoms with Crippen molar-refractivity contribution in [3.05, 3.63) is 64.9 Å². The molecule has 0 saturated heterocycles. The molecule has 0 radical (unpaired) electrons. The first kappa shape index (κ1) is 18.6. The van der Waals surface area contributed by atoms with Crippen molar-refractivity contribution in [1.82, 2.24) is 14.9 Å². The fourth-order valence-corrected chi connectivity index (χ4v) is 3.86. The van der Waals surface area contributed by atoms with E-state index >= 15 is 0 Å². The van der Waals surface area contributed by atoms with Crippen LogP contribution in [-0.2, 0) is 0 Å². The molecule has 146 valence electrons. The number of aromatic nitrogens is 2. The Hall–Kier alpha value is -2.72. The van der Waals surface area contributed by atoms with E-state index in [0.717, 1.165) is 24.1 Å². The monoisotopic (exact) mass is 374 g/mol. The van der Waals surface area contributed by atoms with Crippen LogP contribution in [0, 0.1) is 0 Å². The quantitative estimate of drug-likeness (QED) is 0.592. The van der Waals surface area contributed by atoms with E-state index in [1.54, 1.807) is 0 Å². The summed E-state index contributed by atoms with van der Waals surface area (Å²) < 4.78 is 0. The highest BCUT2D eigenvalue weighted by atomic mass is 15.1. The summed E-state index contributed by atoms with van der Waals surface area (Å²) in [6.45, 7) is 6.77. The number of anilines is 1. The van der Waals surface area contributed by atoms with E-state index in [1.165, 1.54) is 28.1 Å². The van der Waals surface area contributed by atoms with Crippen LogP contribution < -0.4 is 15.9 Å². The molecule has 1 aliphatic rings. The number of hydrogen-bond acceptors (Lipinski definition) is 2. The summed E-state index contributed by atoms with van der Waals surface area (Å²) in [5.74, 6) is 0.544. The van der Waals surface area contributed by atoms with Crippen LogP contribution in [0.15, 0.2) is 48.8 Å². The molecule has 4 nitrogen and oxygen atoms in total. The molecule has 0 bridgehead atoms. The van der Waals surface area contributed by atoms with Crippen molar-refractivity contribution in [2.45, 2.75) is 32.2 Å². The first-order valence-electron chi connectivity index (χ1n) is 10.2. The summed E-state index contributed by atoms with van der Waals surface area (Å²) in [6, 6.07) is 8.95. The highest BCUT2D eigenvalue weighted by Crippen LogP contribution is 2.29. The molecule has 0 fully saturated rings. The predicted octanol–water partition coefficient (Wildman–Crippen LogP) is 3.55. The molecule has 1 aromatic carbocycles. The second-order valence-corrected chi connectivity index (χ2v) is 7.83. The average molecular weight is 375 g/mol. The van der Waals surface area contributed by atoms with Crippen LogP contribution in [0.1, 0.15) is 31.7 Å². The molecule has 3 aromatic rings. The number of hydrogen-bond donors (Lipinski definition) is 3. The first-order valence-corrected chi connectivity index (χ1v) is 10.2. The van der Waals surface area contributed by atoms with E-state index in [-0.39, 0.29) is 6.04 Å². The van der Waals surface area contributed by atoms with Crippen molar-refractivity contribution < 1.29 is 0 Å². The minimum atomic E-state index is 0.170. The lowest BCUT2D eigenvalue weighted by Gasteiger charge is -2.17. The number of nitrogens with zero attached hydrogens (tertiary/aromatic N) is 1. The van der Waals surface area contributed by atoms with Gasteiger partial charge in [0.1, 0.15) is 0 Å². The smallest absolute Gasteiger partial charge is 0.0641 e. The number of H-pyrrole nitrogens is 2. The standard InChI is InChI=1S/C24H30N4/c1-4-28(3)13-11-17(2)22-16-26-24-15-20(8-9-21(22)24)27-19-6-5-7-23-18(14-19)10-12-25-23/h5-10,12,14-17,19,25-27H,4,11,13H2,1-3H3. The first-order chi connectivity index (χ1) is 13.6. The van der Waals surface area contributed by atoms with Gasteiger partial charge < -0.3 is 20.2 Å². The van der Waals surface area contributed by atoms with Crippen LogP contribution in [0.5, 0.6) is 0 Å². The molecule has 0 amide bonds.